The van der Waals surface area contributed by atoms with Crippen molar-refractivity contribution >= 4 is 22.2 Å². The minimum absolute atomic E-state index is 0.0231. The summed E-state index contributed by atoms with van der Waals surface area (Å²) in [5.74, 6) is 0. The first kappa shape index (κ1) is 11.1. The van der Waals surface area contributed by atoms with Gasteiger partial charge in [0.15, 0.2) is 0 Å². The Bertz CT molecular complexity index is 467. The topological polar surface area (TPSA) is 34.9 Å². The molecular formula is C12H11BrN2O. The zero-order valence-corrected chi connectivity index (χ0v) is 10.2. The quantitative estimate of drug-likeness (QED) is 0.807. The predicted octanol–water partition coefficient (Wildman–Crippen LogP) is 2.82. The smallest absolute Gasteiger partial charge is 0.122 e. The number of rotatable bonds is 4. The van der Waals surface area contributed by atoms with Crippen LogP contribution in [0.25, 0.3) is 0 Å². The van der Waals surface area contributed by atoms with Crippen LogP contribution < -0.4 is 0 Å². The van der Waals surface area contributed by atoms with Gasteiger partial charge in [0.05, 0.1) is 16.7 Å². The standard InChI is InChI=1S/C12H11BrN2O/c13-11-8-14-15(9-11)12(6-7-16)10-4-2-1-3-5-10/h1-5,7-9,12H,6H2/t12-/m1/s1. The Balaban J connectivity index is 2.34. The maximum Gasteiger partial charge on any atom is 0.122 e. The molecule has 16 heavy (non-hydrogen) atoms. The van der Waals surface area contributed by atoms with Crippen LogP contribution in [0.3, 0.4) is 0 Å². The molecule has 3 nitrogen and oxygen atoms in total. The van der Waals surface area contributed by atoms with Gasteiger partial charge in [-0.1, -0.05) is 30.3 Å². The third-order valence-electron chi connectivity index (χ3n) is 2.39. The lowest BCUT2D eigenvalue weighted by atomic mass is 10.1. The van der Waals surface area contributed by atoms with E-state index in [4.69, 9.17) is 0 Å². The molecule has 0 aliphatic rings. The van der Waals surface area contributed by atoms with Gasteiger partial charge < -0.3 is 4.79 Å². The van der Waals surface area contributed by atoms with Crippen molar-refractivity contribution in [2.75, 3.05) is 0 Å². The molecule has 0 saturated carbocycles. The number of nitrogens with zero attached hydrogens (tertiary/aromatic N) is 2. The van der Waals surface area contributed by atoms with Crippen LogP contribution in [0, 0.1) is 0 Å². The van der Waals surface area contributed by atoms with Crippen molar-refractivity contribution in [3.8, 4) is 0 Å². The second-order valence-corrected chi connectivity index (χ2v) is 4.38. The Kier molecular flexibility index (Phi) is 3.51. The van der Waals surface area contributed by atoms with Crippen molar-refractivity contribution in [1.82, 2.24) is 9.78 Å². The zero-order valence-electron chi connectivity index (χ0n) is 8.58. The first-order chi connectivity index (χ1) is 7.81. The van der Waals surface area contributed by atoms with E-state index < -0.39 is 0 Å². The van der Waals surface area contributed by atoms with Crippen molar-refractivity contribution < 1.29 is 4.79 Å². The third-order valence-corrected chi connectivity index (χ3v) is 2.80. The van der Waals surface area contributed by atoms with Crippen LogP contribution >= 0.6 is 15.9 Å². The molecule has 0 radical (unpaired) electrons. The highest BCUT2D eigenvalue weighted by molar-refractivity contribution is 9.10. The van der Waals surface area contributed by atoms with Gasteiger partial charge in [0.2, 0.25) is 0 Å². The van der Waals surface area contributed by atoms with Crippen molar-refractivity contribution in [3.05, 3.63) is 52.8 Å². The molecule has 0 N–H and O–H groups in total. The summed E-state index contributed by atoms with van der Waals surface area (Å²) < 4.78 is 2.72. The van der Waals surface area contributed by atoms with Crippen LogP contribution in [-0.2, 0) is 4.79 Å². The molecule has 0 amide bonds. The lowest BCUT2D eigenvalue weighted by Crippen LogP contribution is -2.11. The molecule has 4 heteroatoms. The molecule has 82 valence electrons. The molecule has 0 spiro atoms. The lowest BCUT2D eigenvalue weighted by molar-refractivity contribution is -0.108. The summed E-state index contributed by atoms with van der Waals surface area (Å²) in [6.45, 7) is 0. The zero-order chi connectivity index (χ0) is 11.4. The molecule has 1 atom stereocenters. The summed E-state index contributed by atoms with van der Waals surface area (Å²) >= 11 is 3.35. The number of hydrogen-bond donors (Lipinski definition) is 0. The largest absolute Gasteiger partial charge is 0.303 e. The molecule has 0 bridgehead atoms. The normalized spacial score (nSPS) is 12.3. The van der Waals surface area contributed by atoms with E-state index in [0.29, 0.717) is 6.42 Å². The van der Waals surface area contributed by atoms with E-state index in [1.165, 1.54) is 0 Å². The molecule has 2 rings (SSSR count). The Morgan fingerprint density at radius 2 is 2.12 bits per heavy atom. The first-order valence-electron chi connectivity index (χ1n) is 4.99. The monoisotopic (exact) mass is 278 g/mol. The molecule has 0 aliphatic carbocycles. The minimum Gasteiger partial charge on any atom is -0.303 e. The SMILES string of the molecule is O=CC[C@H](c1ccccc1)n1cc(Br)cn1. The van der Waals surface area contributed by atoms with Crippen LogP contribution in [0.4, 0.5) is 0 Å². The molecular weight excluding hydrogens is 268 g/mol. The summed E-state index contributed by atoms with van der Waals surface area (Å²) in [4.78, 5) is 10.7. The fourth-order valence-corrected chi connectivity index (χ4v) is 1.95. The van der Waals surface area contributed by atoms with E-state index in [2.05, 4.69) is 21.0 Å². The Morgan fingerprint density at radius 3 is 2.69 bits per heavy atom. The van der Waals surface area contributed by atoms with Gasteiger partial charge in [0.25, 0.3) is 0 Å². The number of halogens is 1. The minimum atomic E-state index is -0.0231. The number of aromatic nitrogens is 2. The molecule has 0 saturated heterocycles. The van der Waals surface area contributed by atoms with E-state index in [-0.39, 0.29) is 6.04 Å². The maximum atomic E-state index is 10.7. The van der Waals surface area contributed by atoms with Gasteiger partial charge in [-0.3, -0.25) is 4.68 Å². The van der Waals surface area contributed by atoms with E-state index in [9.17, 15) is 4.79 Å². The molecule has 1 aromatic carbocycles. The summed E-state index contributed by atoms with van der Waals surface area (Å²) in [5.41, 5.74) is 1.09. The molecule has 0 fully saturated rings. The summed E-state index contributed by atoms with van der Waals surface area (Å²) in [5, 5.41) is 4.22. The van der Waals surface area contributed by atoms with Gasteiger partial charge in [-0.05, 0) is 21.5 Å². The van der Waals surface area contributed by atoms with Gasteiger partial charge in [0.1, 0.15) is 6.29 Å². The van der Waals surface area contributed by atoms with Crippen molar-refractivity contribution in [1.29, 1.82) is 0 Å². The molecule has 0 unspecified atom stereocenters. The third kappa shape index (κ3) is 2.39. The molecule has 2 aromatic rings. The van der Waals surface area contributed by atoms with E-state index in [0.717, 1.165) is 16.3 Å². The van der Waals surface area contributed by atoms with Crippen LogP contribution in [0.15, 0.2) is 47.2 Å². The molecule has 1 aromatic heterocycles. The number of aldehydes is 1. The Labute approximate surface area is 102 Å². The summed E-state index contributed by atoms with van der Waals surface area (Å²) in [6.07, 6.45) is 4.95. The molecule has 0 aliphatic heterocycles. The second-order valence-electron chi connectivity index (χ2n) is 3.47. The highest BCUT2D eigenvalue weighted by atomic mass is 79.9. The lowest BCUT2D eigenvalue weighted by Gasteiger charge is -2.15. The maximum absolute atomic E-state index is 10.7. The van der Waals surface area contributed by atoms with E-state index in [1.807, 2.05) is 36.5 Å². The second kappa shape index (κ2) is 5.07. The van der Waals surface area contributed by atoms with Gasteiger partial charge in [0, 0.05) is 12.6 Å². The van der Waals surface area contributed by atoms with Crippen LogP contribution in [0.2, 0.25) is 0 Å². The predicted molar refractivity (Wildman–Crippen MR) is 65.2 cm³/mol. The van der Waals surface area contributed by atoms with Crippen LogP contribution in [0.5, 0.6) is 0 Å². The Hall–Kier alpha value is -1.42. The first-order valence-corrected chi connectivity index (χ1v) is 5.79. The van der Waals surface area contributed by atoms with E-state index in [1.54, 1.807) is 10.9 Å². The highest BCUT2D eigenvalue weighted by Crippen LogP contribution is 2.21. The van der Waals surface area contributed by atoms with Crippen LogP contribution in [0.1, 0.15) is 18.0 Å². The number of benzene rings is 1. The van der Waals surface area contributed by atoms with Crippen LogP contribution in [-0.4, -0.2) is 16.1 Å². The van der Waals surface area contributed by atoms with Gasteiger partial charge in [-0.2, -0.15) is 5.10 Å². The summed E-state index contributed by atoms with van der Waals surface area (Å²) in [6, 6.07) is 9.87. The molecule has 1 heterocycles. The van der Waals surface area contributed by atoms with E-state index >= 15 is 0 Å². The fourth-order valence-electron chi connectivity index (χ4n) is 1.65. The van der Waals surface area contributed by atoms with Crippen molar-refractivity contribution in [3.63, 3.8) is 0 Å². The average molecular weight is 279 g/mol. The Morgan fingerprint density at radius 1 is 1.38 bits per heavy atom. The average Bonchev–Trinajstić information content (AvgIpc) is 2.74. The van der Waals surface area contributed by atoms with Gasteiger partial charge >= 0.3 is 0 Å². The van der Waals surface area contributed by atoms with Gasteiger partial charge in [-0.25, -0.2) is 0 Å². The van der Waals surface area contributed by atoms with Gasteiger partial charge in [-0.15, -0.1) is 0 Å². The number of carbonyl (C=O) groups is 1. The summed E-state index contributed by atoms with van der Waals surface area (Å²) in [7, 11) is 0. The number of hydrogen-bond acceptors (Lipinski definition) is 2. The highest BCUT2D eigenvalue weighted by Gasteiger charge is 2.13. The fraction of sp³-hybridized carbons (Fsp3) is 0.167. The number of carbonyl (C=O) groups excluding carboxylic acids is 1. The van der Waals surface area contributed by atoms with Crippen molar-refractivity contribution in [2.45, 2.75) is 12.5 Å². The van der Waals surface area contributed by atoms with Crippen molar-refractivity contribution in [2.24, 2.45) is 0 Å².